The van der Waals surface area contributed by atoms with Gasteiger partial charge in [0.1, 0.15) is 6.54 Å². The van der Waals surface area contributed by atoms with Crippen molar-refractivity contribution >= 4 is 41.0 Å². The van der Waals surface area contributed by atoms with Crippen LogP contribution in [0.1, 0.15) is 52.2 Å². The van der Waals surface area contributed by atoms with Crippen molar-refractivity contribution < 1.29 is 49.1 Å². The fourth-order valence-electron chi connectivity index (χ4n) is 3.87. The van der Waals surface area contributed by atoms with Gasteiger partial charge >= 0.3 is 18.5 Å². The van der Waals surface area contributed by atoms with Crippen molar-refractivity contribution in [2.45, 2.75) is 43.7 Å². The zero-order chi connectivity index (χ0) is 29.4. The minimum absolute atomic E-state index is 0.00575. The first-order chi connectivity index (χ1) is 17.8. The van der Waals surface area contributed by atoms with Gasteiger partial charge in [-0.05, 0) is 42.2 Å². The van der Waals surface area contributed by atoms with E-state index in [-0.39, 0.29) is 34.0 Å². The first-order valence-corrected chi connectivity index (χ1v) is 11.9. The number of Topliss-reactive ketones (excluding diaryl/α,β-unsaturated/α-hetero) is 1. The predicted octanol–water partition coefficient (Wildman–Crippen LogP) is 8.40. The van der Waals surface area contributed by atoms with Crippen molar-refractivity contribution in [3.05, 3.63) is 74.8 Å². The molecular weight excluding hydrogens is 588 g/mol. The van der Waals surface area contributed by atoms with Crippen LogP contribution < -0.4 is 5.32 Å². The van der Waals surface area contributed by atoms with E-state index in [1.165, 1.54) is 0 Å². The molecule has 1 unspecified atom stereocenters. The number of hydrogen-bond donors (Lipinski definition) is 1. The first kappa shape index (κ1) is 30.8. The normalized spacial score (nSPS) is 16.3. The average molecular weight is 606 g/mol. The van der Waals surface area contributed by atoms with Gasteiger partial charge in [-0.25, -0.2) is 0 Å². The molecule has 0 aliphatic heterocycles. The zero-order valence-electron chi connectivity index (χ0n) is 19.5. The van der Waals surface area contributed by atoms with Gasteiger partial charge in [-0.3, -0.25) is 9.59 Å². The third-order valence-corrected chi connectivity index (χ3v) is 6.81. The molecule has 39 heavy (non-hydrogen) atoms. The van der Waals surface area contributed by atoms with Crippen LogP contribution in [0.15, 0.2) is 42.5 Å². The average Bonchev–Trinajstić information content (AvgIpc) is 3.58. The van der Waals surface area contributed by atoms with Crippen LogP contribution in [0, 0.1) is 5.41 Å². The molecule has 1 aliphatic carbocycles. The summed E-state index contributed by atoms with van der Waals surface area (Å²) in [6.07, 6.45) is -14.0. The van der Waals surface area contributed by atoms with Crippen LogP contribution >= 0.6 is 23.2 Å². The highest BCUT2D eigenvalue weighted by Gasteiger charge is 2.52. The molecule has 1 fully saturated rings. The fourth-order valence-corrected chi connectivity index (χ4v) is 4.18. The summed E-state index contributed by atoms with van der Waals surface area (Å²) in [6, 6.07) is 5.42. The zero-order valence-corrected chi connectivity index (χ0v) is 21.0. The lowest BCUT2D eigenvalue weighted by Crippen LogP contribution is -2.39. The van der Waals surface area contributed by atoms with Gasteiger partial charge in [0, 0.05) is 12.0 Å². The SMILES string of the molecule is O=C(CC1(C(=O)NCC(F)(F)F)CC1)c1ccc(/C=C/C(c2ccc(Cl)c(Cl)c2)C(F)(F)F)cc1C(F)(F)F. The molecule has 14 heteroatoms. The number of nitrogens with one attached hydrogen (secondary N) is 1. The molecule has 212 valence electrons. The second-order valence-corrected chi connectivity index (χ2v) is 9.85. The van der Waals surface area contributed by atoms with Gasteiger partial charge in [-0.15, -0.1) is 0 Å². The minimum Gasteiger partial charge on any atom is -0.346 e. The third kappa shape index (κ3) is 7.91. The van der Waals surface area contributed by atoms with Crippen LogP contribution in [0.25, 0.3) is 6.08 Å². The molecule has 0 spiro atoms. The Morgan fingerprint density at radius 3 is 2.08 bits per heavy atom. The van der Waals surface area contributed by atoms with Crippen molar-refractivity contribution in [2.24, 2.45) is 5.41 Å². The van der Waals surface area contributed by atoms with E-state index in [4.69, 9.17) is 23.2 Å². The molecule has 0 bridgehead atoms. The minimum atomic E-state index is -5.10. The summed E-state index contributed by atoms with van der Waals surface area (Å²) in [5, 5.41) is 1.49. The highest BCUT2D eigenvalue weighted by Crippen LogP contribution is 2.50. The number of rotatable bonds is 8. The lowest BCUT2D eigenvalue weighted by Gasteiger charge is -2.19. The predicted molar refractivity (Wildman–Crippen MR) is 125 cm³/mol. The number of carbonyl (C=O) groups is 2. The second kappa shape index (κ2) is 11.0. The van der Waals surface area contributed by atoms with Crippen molar-refractivity contribution in [1.82, 2.24) is 5.32 Å². The quantitative estimate of drug-likeness (QED) is 0.242. The lowest BCUT2D eigenvalue weighted by atomic mass is 9.91. The van der Waals surface area contributed by atoms with E-state index in [1.54, 1.807) is 5.32 Å². The van der Waals surface area contributed by atoms with E-state index in [9.17, 15) is 49.1 Å². The van der Waals surface area contributed by atoms with E-state index in [0.29, 0.717) is 12.1 Å². The van der Waals surface area contributed by atoms with Crippen LogP contribution in [0.4, 0.5) is 39.5 Å². The Kier molecular flexibility index (Phi) is 8.72. The first-order valence-electron chi connectivity index (χ1n) is 11.1. The maximum atomic E-state index is 13.8. The molecule has 1 N–H and O–H groups in total. The van der Waals surface area contributed by atoms with Gasteiger partial charge in [0.15, 0.2) is 5.78 Å². The molecule has 0 saturated heterocycles. The number of allylic oxidation sites excluding steroid dienone is 1. The summed E-state index contributed by atoms with van der Waals surface area (Å²) in [5.74, 6) is -4.48. The van der Waals surface area contributed by atoms with E-state index < -0.39 is 65.6 Å². The molecule has 1 saturated carbocycles. The van der Waals surface area contributed by atoms with Crippen LogP contribution in [0.5, 0.6) is 0 Å². The number of alkyl halides is 9. The van der Waals surface area contributed by atoms with E-state index in [2.05, 4.69) is 0 Å². The smallest absolute Gasteiger partial charge is 0.346 e. The number of ketones is 1. The lowest BCUT2D eigenvalue weighted by molar-refractivity contribution is -0.141. The van der Waals surface area contributed by atoms with Crippen LogP contribution in [0.3, 0.4) is 0 Å². The van der Waals surface area contributed by atoms with Crippen molar-refractivity contribution in [2.75, 3.05) is 6.54 Å². The number of carbonyl (C=O) groups excluding carboxylic acids is 2. The summed E-state index contributed by atoms with van der Waals surface area (Å²) >= 11 is 11.5. The Morgan fingerprint density at radius 2 is 1.56 bits per heavy atom. The fraction of sp³-hybridized carbons (Fsp3) is 0.360. The molecule has 0 heterocycles. The van der Waals surface area contributed by atoms with E-state index >= 15 is 0 Å². The molecule has 3 nitrogen and oxygen atoms in total. The summed E-state index contributed by atoms with van der Waals surface area (Å²) < 4.78 is 120. The Hall–Kier alpha value is -2.73. The summed E-state index contributed by atoms with van der Waals surface area (Å²) in [5.41, 5.74) is -4.48. The van der Waals surface area contributed by atoms with E-state index in [0.717, 1.165) is 36.4 Å². The number of halogens is 11. The third-order valence-electron chi connectivity index (χ3n) is 6.07. The second-order valence-electron chi connectivity index (χ2n) is 9.03. The van der Waals surface area contributed by atoms with Crippen molar-refractivity contribution in [1.29, 1.82) is 0 Å². The van der Waals surface area contributed by atoms with Gasteiger partial charge in [0.25, 0.3) is 0 Å². The monoisotopic (exact) mass is 605 g/mol. The Morgan fingerprint density at radius 1 is 0.923 bits per heavy atom. The van der Waals surface area contributed by atoms with E-state index in [1.807, 2.05) is 0 Å². The standard InChI is InChI=1S/C25H18Cl2F9NO2/c26-18-6-3-14(10-19(18)27)16(24(31,32)33)5-2-13-1-4-15(17(9-13)25(34,35)36)20(38)11-22(7-8-22)21(39)37-12-23(28,29)30/h1-6,9-10,16H,7-8,11-12H2,(H,37,39)/b5-2+. The van der Waals surface area contributed by atoms with Gasteiger partial charge in [-0.1, -0.05) is 53.6 Å². The molecule has 1 atom stereocenters. The number of hydrogen-bond acceptors (Lipinski definition) is 2. The van der Waals surface area contributed by atoms with Gasteiger partial charge in [0.05, 0.1) is 26.9 Å². The number of benzene rings is 2. The molecule has 1 amide bonds. The summed E-state index contributed by atoms with van der Waals surface area (Å²) in [7, 11) is 0. The number of amides is 1. The summed E-state index contributed by atoms with van der Waals surface area (Å²) in [6.45, 7) is -1.66. The molecular formula is C25H18Cl2F9NO2. The maximum absolute atomic E-state index is 13.8. The molecule has 2 aromatic carbocycles. The molecule has 0 aromatic heterocycles. The van der Waals surface area contributed by atoms with Crippen LogP contribution in [-0.2, 0) is 11.0 Å². The molecule has 0 radical (unpaired) electrons. The van der Waals surface area contributed by atoms with Gasteiger partial charge < -0.3 is 5.32 Å². The Labute approximate surface area is 226 Å². The van der Waals surface area contributed by atoms with Gasteiger partial charge in [0.2, 0.25) is 5.91 Å². The summed E-state index contributed by atoms with van der Waals surface area (Å²) in [4.78, 5) is 24.9. The molecule has 1 aliphatic rings. The highest BCUT2D eigenvalue weighted by atomic mass is 35.5. The largest absolute Gasteiger partial charge is 0.417 e. The Balaban J connectivity index is 1.88. The van der Waals surface area contributed by atoms with Crippen LogP contribution in [0.2, 0.25) is 10.0 Å². The molecule has 2 aromatic rings. The topological polar surface area (TPSA) is 46.2 Å². The molecule has 3 rings (SSSR count). The van der Waals surface area contributed by atoms with Gasteiger partial charge in [-0.2, -0.15) is 39.5 Å². The maximum Gasteiger partial charge on any atom is 0.417 e. The Bertz CT molecular complexity index is 1280. The highest BCUT2D eigenvalue weighted by molar-refractivity contribution is 6.42. The van der Waals surface area contributed by atoms with Crippen LogP contribution in [-0.4, -0.2) is 30.6 Å². The van der Waals surface area contributed by atoms with Crippen molar-refractivity contribution in [3.8, 4) is 0 Å². The van der Waals surface area contributed by atoms with Crippen molar-refractivity contribution in [3.63, 3.8) is 0 Å².